The van der Waals surface area contributed by atoms with Gasteiger partial charge in [-0.1, -0.05) is 26.0 Å². The van der Waals surface area contributed by atoms with Crippen LogP contribution in [-0.2, 0) is 11.3 Å². The summed E-state index contributed by atoms with van der Waals surface area (Å²) in [5, 5.41) is 13.8. The molecule has 0 aliphatic heterocycles. The van der Waals surface area contributed by atoms with Gasteiger partial charge in [-0.3, -0.25) is 14.0 Å². The molecule has 0 atom stereocenters. The van der Waals surface area contributed by atoms with E-state index in [4.69, 9.17) is 0 Å². The van der Waals surface area contributed by atoms with Gasteiger partial charge in [-0.25, -0.2) is 8.78 Å². The van der Waals surface area contributed by atoms with Gasteiger partial charge in [-0.2, -0.15) is 0 Å². The summed E-state index contributed by atoms with van der Waals surface area (Å²) < 4.78 is 28.8. The summed E-state index contributed by atoms with van der Waals surface area (Å²) in [5.74, 6) is -1.30. The second-order valence-corrected chi connectivity index (χ2v) is 7.81. The average molecular weight is 449 g/mol. The molecule has 9 heteroatoms. The zero-order valence-electron chi connectivity index (χ0n) is 18.0. The van der Waals surface area contributed by atoms with E-state index in [-0.39, 0.29) is 23.9 Å². The van der Waals surface area contributed by atoms with Crippen molar-refractivity contribution in [1.82, 2.24) is 19.9 Å². The van der Waals surface area contributed by atoms with Gasteiger partial charge in [0, 0.05) is 35.3 Å². The highest BCUT2D eigenvalue weighted by molar-refractivity contribution is 5.94. The molecule has 0 fully saturated rings. The molecular formula is C24H21F2N5O2. The number of benzene rings is 2. The number of nitrogens with one attached hydrogen (secondary N) is 2. The first-order valence-electron chi connectivity index (χ1n) is 10.3. The lowest BCUT2D eigenvalue weighted by Gasteiger charge is -2.09. The van der Waals surface area contributed by atoms with E-state index in [9.17, 15) is 18.4 Å². The van der Waals surface area contributed by atoms with Gasteiger partial charge in [-0.15, -0.1) is 10.2 Å². The van der Waals surface area contributed by atoms with Gasteiger partial charge in [0.25, 0.3) is 5.91 Å². The van der Waals surface area contributed by atoms with Crippen molar-refractivity contribution in [3.63, 3.8) is 0 Å². The number of halogens is 2. The molecule has 0 bridgehead atoms. The molecule has 2 N–H and O–H groups in total. The van der Waals surface area contributed by atoms with Crippen LogP contribution in [0.15, 0.2) is 60.8 Å². The summed E-state index contributed by atoms with van der Waals surface area (Å²) in [5.41, 5.74) is 2.35. The molecule has 0 aliphatic carbocycles. The molecule has 2 amide bonds. The van der Waals surface area contributed by atoms with Crippen LogP contribution < -0.4 is 10.6 Å². The van der Waals surface area contributed by atoms with Gasteiger partial charge in [0.2, 0.25) is 5.91 Å². The van der Waals surface area contributed by atoms with E-state index in [0.717, 1.165) is 18.2 Å². The van der Waals surface area contributed by atoms with Gasteiger partial charge >= 0.3 is 0 Å². The fourth-order valence-corrected chi connectivity index (χ4v) is 3.18. The molecule has 168 valence electrons. The highest BCUT2D eigenvalue weighted by Gasteiger charge is 2.13. The van der Waals surface area contributed by atoms with Crippen LogP contribution in [0, 0.1) is 17.6 Å². The Morgan fingerprint density at radius 3 is 2.48 bits per heavy atom. The Morgan fingerprint density at radius 2 is 1.76 bits per heavy atom. The molecule has 33 heavy (non-hydrogen) atoms. The highest BCUT2D eigenvalue weighted by Crippen LogP contribution is 2.21. The van der Waals surface area contributed by atoms with Crippen LogP contribution in [0.4, 0.5) is 14.5 Å². The predicted molar refractivity (Wildman–Crippen MR) is 119 cm³/mol. The molecule has 0 saturated carbocycles. The van der Waals surface area contributed by atoms with E-state index in [1.54, 1.807) is 47.0 Å². The number of anilines is 1. The molecule has 7 nitrogen and oxygen atoms in total. The normalized spacial score (nSPS) is 11.1. The van der Waals surface area contributed by atoms with Gasteiger partial charge in [-0.05, 0) is 42.5 Å². The molecule has 4 rings (SSSR count). The first-order chi connectivity index (χ1) is 15.8. The van der Waals surface area contributed by atoms with Crippen LogP contribution in [-0.4, -0.2) is 26.4 Å². The predicted octanol–water partition coefficient (Wildman–Crippen LogP) is 4.20. The molecular weight excluding hydrogens is 428 g/mol. The van der Waals surface area contributed by atoms with E-state index < -0.39 is 17.5 Å². The first kappa shape index (κ1) is 22.1. The maximum Gasteiger partial charge on any atom is 0.251 e. The largest absolute Gasteiger partial charge is 0.348 e. The summed E-state index contributed by atoms with van der Waals surface area (Å²) in [7, 11) is 0. The molecule has 0 unspecified atom stereocenters. The van der Waals surface area contributed by atoms with Crippen molar-refractivity contribution in [2.24, 2.45) is 5.92 Å². The second-order valence-electron chi connectivity index (χ2n) is 7.81. The Bertz CT molecular complexity index is 1330. The van der Waals surface area contributed by atoms with Crippen LogP contribution >= 0.6 is 0 Å². The van der Waals surface area contributed by atoms with E-state index in [1.807, 2.05) is 13.8 Å². The van der Waals surface area contributed by atoms with Crippen molar-refractivity contribution < 1.29 is 18.4 Å². The summed E-state index contributed by atoms with van der Waals surface area (Å²) >= 11 is 0. The average Bonchev–Trinajstić information content (AvgIpc) is 3.22. The number of hydrogen-bond acceptors (Lipinski definition) is 4. The van der Waals surface area contributed by atoms with Crippen LogP contribution in [0.25, 0.3) is 17.0 Å². The Hall–Kier alpha value is -4.14. The number of amides is 2. The third-order valence-corrected chi connectivity index (χ3v) is 5.05. The van der Waals surface area contributed by atoms with Gasteiger partial charge in [0.1, 0.15) is 11.6 Å². The minimum atomic E-state index is -0.588. The number of carbonyl (C=O) groups excluding carboxylic acids is 2. The minimum absolute atomic E-state index is 0.0651. The van der Waals surface area contributed by atoms with Crippen molar-refractivity contribution in [3.8, 4) is 11.4 Å². The smallest absolute Gasteiger partial charge is 0.251 e. The molecule has 2 aromatic heterocycles. The van der Waals surface area contributed by atoms with Crippen LogP contribution in [0.5, 0.6) is 0 Å². The Kier molecular flexibility index (Phi) is 6.12. The fraction of sp³-hybridized carbons (Fsp3) is 0.167. The molecule has 2 aromatic carbocycles. The van der Waals surface area contributed by atoms with Crippen molar-refractivity contribution in [2.45, 2.75) is 20.4 Å². The van der Waals surface area contributed by atoms with E-state index in [0.29, 0.717) is 28.3 Å². The monoisotopic (exact) mass is 449 g/mol. The highest BCUT2D eigenvalue weighted by atomic mass is 19.1. The van der Waals surface area contributed by atoms with Crippen LogP contribution in [0.2, 0.25) is 0 Å². The van der Waals surface area contributed by atoms with Crippen molar-refractivity contribution in [3.05, 3.63) is 83.6 Å². The van der Waals surface area contributed by atoms with Crippen molar-refractivity contribution in [2.75, 3.05) is 5.32 Å². The maximum absolute atomic E-state index is 13.7. The number of fused-ring (bicyclic) bond motifs is 1. The first-order valence-corrected chi connectivity index (χ1v) is 10.3. The summed E-state index contributed by atoms with van der Waals surface area (Å²) in [4.78, 5) is 24.4. The molecule has 0 saturated heterocycles. The third-order valence-electron chi connectivity index (χ3n) is 5.05. The number of rotatable bonds is 6. The summed E-state index contributed by atoms with van der Waals surface area (Å²) in [6.07, 6.45) is 1.74. The topological polar surface area (TPSA) is 88.4 Å². The van der Waals surface area contributed by atoms with Gasteiger partial charge in [0.05, 0.1) is 5.69 Å². The SMILES string of the molecule is CC(C)C(=O)Nc1ccc2nnc(-c3ccc(C(=O)NCc4cc(F)ccc4F)cc3)n2c1. The molecule has 0 radical (unpaired) electrons. The van der Waals surface area contributed by atoms with Gasteiger partial charge in [0.15, 0.2) is 11.5 Å². The van der Waals surface area contributed by atoms with Crippen molar-refractivity contribution in [1.29, 1.82) is 0 Å². The second kappa shape index (κ2) is 9.15. The zero-order chi connectivity index (χ0) is 23.5. The number of pyridine rings is 1. The number of nitrogens with zero attached hydrogens (tertiary/aromatic N) is 3. The van der Waals surface area contributed by atoms with Gasteiger partial charge < -0.3 is 10.6 Å². The molecule has 0 aliphatic rings. The lowest BCUT2D eigenvalue weighted by molar-refractivity contribution is -0.118. The van der Waals surface area contributed by atoms with E-state index in [1.165, 1.54) is 0 Å². The minimum Gasteiger partial charge on any atom is -0.348 e. The van der Waals surface area contributed by atoms with Crippen LogP contribution in [0.1, 0.15) is 29.8 Å². The molecule has 4 aromatic rings. The molecule has 0 spiro atoms. The Morgan fingerprint density at radius 1 is 1.00 bits per heavy atom. The maximum atomic E-state index is 13.7. The van der Waals surface area contributed by atoms with Crippen LogP contribution in [0.3, 0.4) is 0 Å². The lowest BCUT2D eigenvalue weighted by atomic mass is 10.1. The summed E-state index contributed by atoms with van der Waals surface area (Å²) in [6.45, 7) is 3.48. The van der Waals surface area contributed by atoms with E-state index in [2.05, 4.69) is 20.8 Å². The Balaban J connectivity index is 1.51. The fourth-order valence-electron chi connectivity index (χ4n) is 3.18. The number of carbonyl (C=O) groups is 2. The lowest BCUT2D eigenvalue weighted by Crippen LogP contribution is -2.23. The van der Waals surface area contributed by atoms with E-state index >= 15 is 0 Å². The standard InChI is InChI=1S/C24H21F2N5O2/c1-14(2)23(32)28-19-8-10-21-29-30-22(31(21)13-19)15-3-5-16(6-4-15)24(33)27-12-17-11-18(25)7-9-20(17)26/h3-11,13-14H,12H2,1-2H3,(H,27,33)(H,28,32). The summed E-state index contributed by atoms with van der Waals surface area (Å²) in [6, 6.07) is 13.2. The number of aromatic nitrogens is 3. The third kappa shape index (κ3) is 4.87. The number of hydrogen-bond donors (Lipinski definition) is 2. The molecule has 2 heterocycles. The van der Waals surface area contributed by atoms with Crippen molar-refractivity contribution >= 4 is 23.1 Å². The Labute approximate surface area is 188 Å². The quantitative estimate of drug-likeness (QED) is 0.462. The zero-order valence-corrected chi connectivity index (χ0v) is 18.0.